The van der Waals surface area contributed by atoms with Crippen molar-refractivity contribution in [2.24, 2.45) is 5.92 Å². The van der Waals surface area contributed by atoms with Crippen LogP contribution in [0.3, 0.4) is 0 Å². The number of hydrogen-bond donors (Lipinski definition) is 0. The minimum absolute atomic E-state index is 0.00161. The Hall–Kier alpha value is -2.71. The van der Waals surface area contributed by atoms with Crippen molar-refractivity contribution in [3.8, 4) is 0 Å². The maximum Gasteiger partial charge on any atom is 0.305 e. The lowest BCUT2D eigenvalue weighted by Gasteiger charge is -2.37. The molecule has 7 nitrogen and oxygen atoms in total. The average molecular weight is 490 g/mol. The van der Waals surface area contributed by atoms with Gasteiger partial charge in [0.05, 0.1) is 36.0 Å². The topological polar surface area (TPSA) is 72.0 Å². The molecule has 2 aromatic rings. The molecule has 34 heavy (non-hydrogen) atoms. The molecule has 0 saturated carbocycles. The Labute approximate surface area is 203 Å². The van der Waals surface area contributed by atoms with Crippen LogP contribution in [-0.4, -0.2) is 61.7 Å². The number of nitrogens with zero attached hydrogens (tertiary/aromatic N) is 3. The number of esters is 1. The van der Waals surface area contributed by atoms with Crippen LogP contribution in [-0.2, 0) is 19.7 Å². The van der Waals surface area contributed by atoms with Crippen LogP contribution in [0.2, 0.25) is 5.02 Å². The van der Waals surface area contributed by atoms with Crippen LogP contribution in [0, 0.1) is 11.7 Å². The average Bonchev–Trinajstić information content (AvgIpc) is 3.10. The van der Waals surface area contributed by atoms with Crippen LogP contribution in [0.5, 0.6) is 0 Å². The van der Waals surface area contributed by atoms with Gasteiger partial charge in [0.1, 0.15) is 11.5 Å². The summed E-state index contributed by atoms with van der Waals surface area (Å²) in [5.41, 5.74) is 2.33. The molecule has 1 aromatic heterocycles. The summed E-state index contributed by atoms with van der Waals surface area (Å²) in [6.45, 7) is 5.60. The van der Waals surface area contributed by atoms with Crippen molar-refractivity contribution in [3.63, 3.8) is 0 Å². The Kier molecular flexibility index (Phi) is 6.82. The van der Waals surface area contributed by atoms with Crippen LogP contribution in [0.25, 0.3) is 0 Å². The van der Waals surface area contributed by atoms with E-state index in [4.69, 9.17) is 26.1 Å². The minimum atomic E-state index is -0.478. The van der Waals surface area contributed by atoms with Gasteiger partial charge in [0, 0.05) is 37.8 Å². The molecule has 0 spiro atoms. The first-order valence-corrected chi connectivity index (χ1v) is 11.7. The van der Waals surface area contributed by atoms with E-state index in [0.29, 0.717) is 37.4 Å². The zero-order chi connectivity index (χ0) is 24.6. The van der Waals surface area contributed by atoms with E-state index in [9.17, 15) is 14.0 Å². The summed E-state index contributed by atoms with van der Waals surface area (Å²) in [5, 5.41) is 0.0752. The van der Waals surface area contributed by atoms with Gasteiger partial charge in [-0.3, -0.25) is 9.59 Å². The molecular formula is C25H29ClFN3O4. The number of carbonyl (C=O) groups excluding carboxylic acids is 2. The molecule has 2 atom stereocenters. The molecule has 3 heterocycles. The standard InChI is InChI=1S/C25H29ClFN3O4/c1-25(2)14-30(16-5-6-17(26)18(27)12-16)20-8-7-19(28-23(20)25)24(32)29-10-9-15(11-22(31)34-4)21(13-29)33-3/h5-8,12,15,21H,9-11,13-14H2,1-4H3/t15-,21-/m0/s1. The molecule has 0 unspecified atom stereocenters. The van der Waals surface area contributed by atoms with Crippen LogP contribution >= 0.6 is 11.6 Å². The maximum absolute atomic E-state index is 14.1. The number of halogens is 2. The maximum atomic E-state index is 14.1. The number of rotatable bonds is 5. The fourth-order valence-electron chi connectivity index (χ4n) is 4.83. The molecule has 0 aliphatic carbocycles. The number of piperidine rings is 1. The van der Waals surface area contributed by atoms with E-state index in [0.717, 1.165) is 11.4 Å². The lowest BCUT2D eigenvalue weighted by Crippen LogP contribution is -2.48. The SMILES string of the molecule is COC(=O)C[C@@H]1CCN(C(=O)c2ccc3c(n2)C(C)(C)CN3c2ccc(Cl)c(F)c2)C[C@@H]1OC. The minimum Gasteiger partial charge on any atom is -0.469 e. The number of pyridine rings is 1. The third kappa shape index (κ3) is 4.61. The van der Waals surface area contributed by atoms with Gasteiger partial charge in [0.15, 0.2) is 0 Å². The molecule has 1 amide bonds. The summed E-state index contributed by atoms with van der Waals surface area (Å²) in [6.07, 6.45) is 0.660. The zero-order valence-electron chi connectivity index (χ0n) is 19.8. The Balaban J connectivity index is 1.56. The number of likely N-dealkylation sites (tertiary alicyclic amines) is 1. The fourth-order valence-corrected chi connectivity index (χ4v) is 4.95. The first-order chi connectivity index (χ1) is 16.1. The number of anilines is 2. The number of fused-ring (bicyclic) bond motifs is 1. The van der Waals surface area contributed by atoms with Gasteiger partial charge in [-0.15, -0.1) is 0 Å². The Morgan fingerprint density at radius 1 is 1.24 bits per heavy atom. The van der Waals surface area contributed by atoms with E-state index in [1.54, 1.807) is 30.2 Å². The molecule has 1 fully saturated rings. The predicted molar refractivity (Wildman–Crippen MR) is 127 cm³/mol. The molecule has 0 radical (unpaired) electrons. The highest BCUT2D eigenvalue weighted by Crippen LogP contribution is 2.43. The van der Waals surface area contributed by atoms with Crippen LogP contribution in [0.15, 0.2) is 30.3 Å². The van der Waals surface area contributed by atoms with Gasteiger partial charge >= 0.3 is 5.97 Å². The van der Waals surface area contributed by atoms with E-state index < -0.39 is 5.82 Å². The molecule has 9 heteroatoms. The van der Waals surface area contributed by atoms with E-state index in [1.807, 2.05) is 11.0 Å². The van der Waals surface area contributed by atoms with Crippen molar-refractivity contribution in [3.05, 3.63) is 52.6 Å². The van der Waals surface area contributed by atoms with Crippen molar-refractivity contribution in [1.82, 2.24) is 9.88 Å². The number of methoxy groups -OCH3 is 2. The zero-order valence-corrected chi connectivity index (χ0v) is 20.6. The van der Waals surface area contributed by atoms with Crippen molar-refractivity contribution >= 4 is 34.9 Å². The number of hydrogen-bond acceptors (Lipinski definition) is 6. The van der Waals surface area contributed by atoms with Gasteiger partial charge in [-0.1, -0.05) is 25.4 Å². The summed E-state index contributed by atoms with van der Waals surface area (Å²) in [5.74, 6) is -0.928. The second kappa shape index (κ2) is 9.50. The van der Waals surface area contributed by atoms with Gasteiger partial charge < -0.3 is 19.3 Å². The van der Waals surface area contributed by atoms with Crippen LogP contribution < -0.4 is 4.90 Å². The lowest BCUT2D eigenvalue weighted by molar-refractivity contribution is -0.143. The third-order valence-electron chi connectivity index (χ3n) is 6.74. The van der Waals surface area contributed by atoms with Crippen molar-refractivity contribution in [2.45, 2.75) is 38.2 Å². The molecule has 0 bridgehead atoms. The predicted octanol–water partition coefficient (Wildman–Crippen LogP) is 4.34. The summed E-state index contributed by atoms with van der Waals surface area (Å²) >= 11 is 5.86. The first kappa shape index (κ1) is 24.4. The van der Waals surface area contributed by atoms with Gasteiger partial charge in [0.2, 0.25) is 0 Å². The monoisotopic (exact) mass is 489 g/mol. The van der Waals surface area contributed by atoms with E-state index >= 15 is 0 Å². The second-order valence-electron chi connectivity index (χ2n) is 9.49. The van der Waals surface area contributed by atoms with Gasteiger partial charge in [-0.25, -0.2) is 9.37 Å². The summed E-state index contributed by atoms with van der Waals surface area (Å²) in [7, 11) is 2.96. The smallest absolute Gasteiger partial charge is 0.305 e. The molecule has 1 saturated heterocycles. The van der Waals surface area contributed by atoms with Crippen molar-refractivity contribution < 1.29 is 23.5 Å². The van der Waals surface area contributed by atoms with Crippen molar-refractivity contribution in [1.29, 1.82) is 0 Å². The first-order valence-electron chi connectivity index (χ1n) is 11.3. The highest BCUT2D eigenvalue weighted by atomic mass is 35.5. The highest BCUT2D eigenvalue weighted by Gasteiger charge is 2.39. The van der Waals surface area contributed by atoms with Gasteiger partial charge in [-0.2, -0.15) is 0 Å². The summed E-state index contributed by atoms with van der Waals surface area (Å²) in [6, 6.07) is 8.31. The van der Waals surface area contributed by atoms with Gasteiger partial charge in [0.25, 0.3) is 5.91 Å². The molecule has 182 valence electrons. The van der Waals surface area contributed by atoms with E-state index in [2.05, 4.69) is 13.8 Å². The second-order valence-corrected chi connectivity index (χ2v) is 9.89. The Bertz CT molecular complexity index is 1110. The molecule has 1 aromatic carbocycles. The largest absolute Gasteiger partial charge is 0.469 e. The van der Waals surface area contributed by atoms with Crippen LogP contribution in [0.1, 0.15) is 42.9 Å². The van der Waals surface area contributed by atoms with Gasteiger partial charge in [-0.05, 0) is 42.7 Å². The number of carbonyl (C=O) groups is 2. The lowest BCUT2D eigenvalue weighted by atomic mass is 9.90. The summed E-state index contributed by atoms with van der Waals surface area (Å²) in [4.78, 5) is 33.5. The van der Waals surface area contributed by atoms with E-state index in [1.165, 1.54) is 13.2 Å². The van der Waals surface area contributed by atoms with Crippen LogP contribution in [0.4, 0.5) is 15.8 Å². The number of ether oxygens (including phenoxy) is 2. The number of aromatic nitrogens is 1. The molecule has 2 aliphatic heterocycles. The normalized spacial score (nSPS) is 21.4. The number of amides is 1. The Morgan fingerprint density at radius 3 is 2.68 bits per heavy atom. The Morgan fingerprint density at radius 2 is 2.00 bits per heavy atom. The highest BCUT2D eigenvalue weighted by molar-refractivity contribution is 6.30. The quantitative estimate of drug-likeness (QED) is 0.582. The fraction of sp³-hybridized carbons (Fsp3) is 0.480. The number of benzene rings is 1. The third-order valence-corrected chi connectivity index (χ3v) is 7.04. The molecular weight excluding hydrogens is 461 g/mol. The molecule has 2 aliphatic rings. The molecule has 4 rings (SSSR count). The summed E-state index contributed by atoms with van der Waals surface area (Å²) < 4.78 is 24.5. The van der Waals surface area contributed by atoms with Crippen molar-refractivity contribution in [2.75, 3.05) is 38.8 Å². The van der Waals surface area contributed by atoms with E-state index in [-0.39, 0.29) is 40.8 Å². The molecule has 0 N–H and O–H groups in total.